The highest BCUT2D eigenvalue weighted by atomic mass is 14.1. The summed E-state index contributed by atoms with van der Waals surface area (Å²) in [6, 6.07) is 10.5. The molecule has 0 aliphatic rings. The monoisotopic (exact) mass is 174 g/mol. The predicted octanol–water partition coefficient (Wildman–Crippen LogP) is 4.14. The van der Waals surface area contributed by atoms with Crippen LogP contribution >= 0.6 is 0 Å². The van der Waals surface area contributed by atoms with E-state index in [-0.39, 0.29) is 5.41 Å². The van der Waals surface area contributed by atoms with Crippen LogP contribution in [0.4, 0.5) is 0 Å². The van der Waals surface area contributed by atoms with Gasteiger partial charge in [0.2, 0.25) is 0 Å². The van der Waals surface area contributed by atoms with Gasteiger partial charge in [-0.1, -0.05) is 57.2 Å². The van der Waals surface area contributed by atoms with Gasteiger partial charge in [0.25, 0.3) is 0 Å². The molecular weight excluding hydrogens is 156 g/mol. The number of hydrogen-bond donors (Lipinski definition) is 0. The minimum Gasteiger partial charge on any atom is -0.0756 e. The largest absolute Gasteiger partial charge is 0.0756 e. The summed E-state index contributed by atoms with van der Waals surface area (Å²) in [5.41, 5.74) is 2.94. The molecule has 0 aliphatic carbocycles. The van der Waals surface area contributed by atoms with E-state index in [1.54, 1.807) is 0 Å². The van der Waals surface area contributed by atoms with Crippen molar-refractivity contribution < 1.29 is 0 Å². The molecule has 0 heterocycles. The Labute approximate surface area is 81.3 Å². The van der Waals surface area contributed by atoms with Crippen LogP contribution < -0.4 is 0 Å². The van der Waals surface area contributed by atoms with E-state index in [2.05, 4.69) is 58.0 Å². The lowest BCUT2D eigenvalue weighted by molar-refractivity contribution is 0.545. The first-order valence-electron chi connectivity index (χ1n) is 4.74. The molecule has 0 amide bonds. The number of allylic oxidation sites excluding steroid dienone is 2. The first-order valence-corrected chi connectivity index (χ1v) is 4.74. The van der Waals surface area contributed by atoms with Gasteiger partial charge < -0.3 is 0 Å². The first kappa shape index (κ1) is 10.0. The fourth-order valence-corrected chi connectivity index (χ4v) is 1.43. The summed E-state index contributed by atoms with van der Waals surface area (Å²) in [7, 11) is 0. The van der Waals surface area contributed by atoms with Crippen molar-refractivity contribution in [3.63, 3.8) is 0 Å². The molecule has 0 nitrogen and oxygen atoms in total. The Morgan fingerprint density at radius 3 is 2.08 bits per heavy atom. The summed E-state index contributed by atoms with van der Waals surface area (Å²) in [6.07, 6.45) is 2.31. The number of benzene rings is 1. The maximum absolute atomic E-state index is 2.31. The molecule has 0 aromatic heterocycles. The van der Waals surface area contributed by atoms with Gasteiger partial charge in [0.05, 0.1) is 0 Å². The summed E-state index contributed by atoms with van der Waals surface area (Å²) in [5, 5.41) is 0. The van der Waals surface area contributed by atoms with Crippen LogP contribution in [0.25, 0.3) is 5.57 Å². The fourth-order valence-electron chi connectivity index (χ4n) is 1.43. The Morgan fingerprint density at radius 1 is 1.08 bits per heavy atom. The molecule has 1 aromatic carbocycles. The smallest absolute Gasteiger partial charge is 0.0197 e. The van der Waals surface area contributed by atoms with Crippen molar-refractivity contribution >= 4 is 5.57 Å². The molecule has 1 aromatic rings. The normalized spacial score (nSPS) is 13.1. The Bertz CT molecular complexity index is 286. The molecule has 0 aliphatic heterocycles. The van der Waals surface area contributed by atoms with Crippen LogP contribution in [0, 0.1) is 5.41 Å². The van der Waals surface area contributed by atoms with E-state index in [0.717, 1.165) is 0 Å². The van der Waals surface area contributed by atoms with Crippen LogP contribution in [0.1, 0.15) is 33.3 Å². The van der Waals surface area contributed by atoms with Gasteiger partial charge in [0.1, 0.15) is 0 Å². The van der Waals surface area contributed by atoms with E-state index < -0.39 is 0 Å². The van der Waals surface area contributed by atoms with Crippen molar-refractivity contribution in [3.05, 3.63) is 42.0 Å². The molecule has 0 saturated heterocycles. The zero-order valence-electron chi connectivity index (χ0n) is 8.96. The van der Waals surface area contributed by atoms with E-state index in [0.29, 0.717) is 0 Å². The van der Waals surface area contributed by atoms with Crippen molar-refractivity contribution in [3.8, 4) is 0 Å². The van der Waals surface area contributed by atoms with Crippen LogP contribution in [0.5, 0.6) is 0 Å². The quantitative estimate of drug-likeness (QED) is 0.600. The van der Waals surface area contributed by atoms with E-state index in [1.807, 2.05) is 6.07 Å². The van der Waals surface area contributed by atoms with Gasteiger partial charge in [-0.2, -0.15) is 0 Å². The van der Waals surface area contributed by atoms with Crippen molar-refractivity contribution in [1.82, 2.24) is 0 Å². The Balaban J connectivity index is 2.92. The van der Waals surface area contributed by atoms with E-state index in [9.17, 15) is 0 Å². The third-order valence-electron chi connectivity index (χ3n) is 1.88. The van der Waals surface area contributed by atoms with E-state index in [4.69, 9.17) is 0 Å². The summed E-state index contributed by atoms with van der Waals surface area (Å²) < 4.78 is 0. The van der Waals surface area contributed by atoms with Crippen molar-refractivity contribution in [2.45, 2.75) is 27.7 Å². The van der Waals surface area contributed by atoms with Gasteiger partial charge in [-0.3, -0.25) is 0 Å². The second-order valence-corrected chi connectivity index (χ2v) is 4.56. The molecule has 0 fully saturated rings. The molecule has 0 bridgehead atoms. The van der Waals surface area contributed by atoms with Gasteiger partial charge in [0.15, 0.2) is 0 Å². The Kier molecular flexibility index (Phi) is 2.92. The Morgan fingerprint density at radius 2 is 1.62 bits per heavy atom. The second-order valence-electron chi connectivity index (χ2n) is 4.56. The molecule has 0 spiro atoms. The highest BCUT2D eigenvalue weighted by Crippen LogP contribution is 2.22. The molecule has 0 unspecified atom stereocenters. The minimum absolute atomic E-state index is 0.264. The van der Waals surface area contributed by atoms with Gasteiger partial charge in [-0.15, -0.1) is 0 Å². The minimum atomic E-state index is 0.264. The standard InChI is InChI=1S/C13H18/c1-11(10-13(2,3)4)12-8-6-5-7-9-12/h5-10H,1-4H3/b11-10-. The molecule has 0 atom stereocenters. The Hall–Kier alpha value is -1.04. The molecule has 13 heavy (non-hydrogen) atoms. The average molecular weight is 174 g/mol. The zero-order chi connectivity index (χ0) is 9.90. The summed E-state index contributed by atoms with van der Waals surface area (Å²) in [4.78, 5) is 0. The van der Waals surface area contributed by atoms with E-state index in [1.165, 1.54) is 11.1 Å². The third kappa shape index (κ3) is 3.45. The van der Waals surface area contributed by atoms with Crippen LogP contribution in [0.2, 0.25) is 0 Å². The molecule has 0 heteroatoms. The molecule has 0 N–H and O–H groups in total. The topological polar surface area (TPSA) is 0 Å². The average Bonchev–Trinajstić information content (AvgIpc) is 2.03. The predicted molar refractivity (Wildman–Crippen MR) is 59.5 cm³/mol. The molecular formula is C13H18. The number of rotatable bonds is 1. The van der Waals surface area contributed by atoms with E-state index >= 15 is 0 Å². The fraction of sp³-hybridized carbons (Fsp3) is 0.385. The molecule has 0 saturated carbocycles. The molecule has 70 valence electrons. The van der Waals surface area contributed by atoms with Crippen LogP contribution in [-0.2, 0) is 0 Å². The molecule has 0 radical (unpaired) electrons. The lowest BCUT2D eigenvalue weighted by Gasteiger charge is -2.14. The summed E-state index contributed by atoms with van der Waals surface area (Å²) in [5.74, 6) is 0. The van der Waals surface area contributed by atoms with Gasteiger partial charge >= 0.3 is 0 Å². The summed E-state index contributed by atoms with van der Waals surface area (Å²) in [6.45, 7) is 8.83. The second kappa shape index (κ2) is 3.78. The van der Waals surface area contributed by atoms with Crippen molar-refractivity contribution in [2.24, 2.45) is 5.41 Å². The van der Waals surface area contributed by atoms with Gasteiger partial charge in [0, 0.05) is 0 Å². The van der Waals surface area contributed by atoms with Crippen LogP contribution in [0.3, 0.4) is 0 Å². The highest BCUT2D eigenvalue weighted by Gasteiger charge is 2.06. The lowest BCUT2D eigenvalue weighted by atomic mass is 9.92. The SMILES string of the molecule is C/C(=C/C(C)(C)C)c1ccccc1. The third-order valence-corrected chi connectivity index (χ3v) is 1.88. The maximum Gasteiger partial charge on any atom is -0.0197 e. The first-order chi connectivity index (χ1) is 5.99. The van der Waals surface area contributed by atoms with Crippen LogP contribution in [0.15, 0.2) is 36.4 Å². The number of hydrogen-bond acceptors (Lipinski definition) is 0. The van der Waals surface area contributed by atoms with Crippen molar-refractivity contribution in [1.29, 1.82) is 0 Å². The van der Waals surface area contributed by atoms with Crippen LogP contribution in [-0.4, -0.2) is 0 Å². The maximum atomic E-state index is 2.31. The molecule has 1 rings (SSSR count). The zero-order valence-corrected chi connectivity index (χ0v) is 8.96. The summed E-state index contributed by atoms with van der Waals surface area (Å²) >= 11 is 0. The lowest BCUT2D eigenvalue weighted by Crippen LogP contribution is -2.00. The van der Waals surface area contributed by atoms with Gasteiger partial charge in [-0.25, -0.2) is 0 Å². The van der Waals surface area contributed by atoms with Gasteiger partial charge in [-0.05, 0) is 23.5 Å². The highest BCUT2D eigenvalue weighted by molar-refractivity contribution is 5.63. The van der Waals surface area contributed by atoms with Crippen molar-refractivity contribution in [2.75, 3.05) is 0 Å².